The van der Waals surface area contributed by atoms with Gasteiger partial charge in [0.1, 0.15) is 18.1 Å². The summed E-state index contributed by atoms with van der Waals surface area (Å²) in [5.74, 6) is -4.89. The SMILES string of the molecule is CC(C)CC(NC(=O)C(Cc1ccccc1)NC(=O)C(CCC(N)=O)NC(=O)C(N)CCC(N)=O)C(=O)O. The Labute approximate surface area is 221 Å². The number of amides is 5. The minimum absolute atomic E-state index is 0.0225. The zero-order valence-corrected chi connectivity index (χ0v) is 21.6. The number of primary amides is 2. The van der Waals surface area contributed by atoms with Crippen LogP contribution in [-0.4, -0.2) is 64.8 Å². The third-order valence-electron chi connectivity index (χ3n) is 5.59. The lowest BCUT2D eigenvalue weighted by atomic mass is 10.0. The molecule has 0 aliphatic carbocycles. The molecule has 38 heavy (non-hydrogen) atoms. The molecule has 0 saturated carbocycles. The fourth-order valence-corrected chi connectivity index (χ4v) is 3.56. The van der Waals surface area contributed by atoms with Crippen molar-refractivity contribution >= 4 is 35.5 Å². The number of carboxylic acid groups (broad SMARTS) is 1. The number of aliphatic carboxylic acids is 1. The predicted molar refractivity (Wildman–Crippen MR) is 138 cm³/mol. The number of carbonyl (C=O) groups excluding carboxylic acids is 5. The summed E-state index contributed by atoms with van der Waals surface area (Å²) in [6, 6.07) is 3.92. The lowest BCUT2D eigenvalue weighted by molar-refractivity contribution is -0.142. The van der Waals surface area contributed by atoms with Gasteiger partial charge in [0.2, 0.25) is 29.5 Å². The van der Waals surface area contributed by atoms with Gasteiger partial charge in [0.05, 0.1) is 6.04 Å². The molecule has 210 valence electrons. The highest BCUT2D eigenvalue weighted by Crippen LogP contribution is 2.09. The summed E-state index contributed by atoms with van der Waals surface area (Å²) in [6.45, 7) is 3.62. The van der Waals surface area contributed by atoms with Crippen LogP contribution >= 0.6 is 0 Å². The third-order valence-corrected chi connectivity index (χ3v) is 5.59. The summed E-state index contributed by atoms with van der Waals surface area (Å²) < 4.78 is 0. The van der Waals surface area contributed by atoms with Crippen LogP contribution in [0.1, 0.15) is 51.5 Å². The second-order valence-corrected chi connectivity index (χ2v) is 9.46. The number of nitrogens with one attached hydrogen (secondary N) is 3. The molecule has 0 heterocycles. The van der Waals surface area contributed by atoms with E-state index in [0.717, 1.165) is 0 Å². The Kier molecular flexibility index (Phi) is 13.5. The molecule has 10 N–H and O–H groups in total. The van der Waals surface area contributed by atoms with Gasteiger partial charge in [-0.1, -0.05) is 44.2 Å². The Morgan fingerprint density at radius 3 is 1.79 bits per heavy atom. The molecule has 5 amide bonds. The molecule has 1 aromatic carbocycles. The van der Waals surface area contributed by atoms with Crippen molar-refractivity contribution in [2.24, 2.45) is 23.1 Å². The van der Waals surface area contributed by atoms with E-state index in [0.29, 0.717) is 5.56 Å². The second kappa shape index (κ2) is 16.0. The molecule has 0 radical (unpaired) electrons. The number of nitrogens with two attached hydrogens (primary N) is 3. The van der Waals surface area contributed by atoms with Crippen LogP contribution in [0.5, 0.6) is 0 Å². The monoisotopic (exact) mass is 534 g/mol. The van der Waals surface area contributed by atoms with Crippen molar-refractivity contribution in [2.75, 3.05) is 0 Å². The molecule has 0 spiro atoms. The first-order valence-corrected chi connectivity index (χ1v) is 12.3. The number of hydrogen-bond donors (Lipinski definition) is 7. The number of benzene rings is 1. The minimum Gasteiger partial charge on any atom is -0.480 e. The molecular formula is C25H38N6O7. The van der Waals surface area contributed by atoms with Crippen molar-refractivity contribution in [2.45, 2.75) is 76.5 Å². The van der Waals surface area contributed by atoms with Gasteiger partial charge in [0.15, 0.2) is 0 Å². The smallest absolute Gasteiger partial charge is 0.326 e. The Balaban J connectivity index is 3.13. The maximum Gasteiger partial charge on any atom is 0.326 e. The molecule has 0 aliphatic rings. The average molecular weight is 535 g/mol. The Hall–Kier alpha value is -4.00. The van der Waals surface area contributed by atoms with E-state index in [4.69, 9.17) is 17.2 Å². The molecule has 0 fully saturated rings. The van der Waals surface area contributed by atoms with Crippen LogP contribution in [0, 0.1) is 5.92 Å². The lowest BCUT2D eigenvalue weighted by Gasteiger charge is -2.25. The normalized spacial score (nSPS) is 14.0. The number of carboxylic acids is 1. The summed E-state index contributed by atoms with van der Waals surface area (Å²) in [6.07, 6.45) is -0.432. The van der Waals surface area contributed by atoms with Crippen LogP contribution in [0.4, 0.5) is 0 Å². The number of carbonyl (C=O) groups is 6. The van der Waals surface area contributed by atoms with Crippen molar-refractivity contribution < 1.29 is 33.9 Å². The van der Waals surface area contributed by atoms with E-state index in [-0.39, 0.29) is 44.4 Å². The van der Waals surface area contributed by atoms with Gasteiger partial charge >= 0.3 is 5.97 Å². The first kappa shape index (κ1) is 32.0. The molecule has 0 saturated heterocycles. The van der Waals surface area contributed by atoms with Crippen LogP contribution in [-0.2, 0) is 35.2 Å². The van der Waals surface area contributed by atoms with E-state index in [1.165, 1.54) is 0 Å². The standard InChI is InChI=1S/C25H38N6O7/c1-14(2)12-19(25(37)38)31-24(36)18(13-15-6-4-3-5-7-15)30-23(35)17(9-11-21(28)33)29-22(34)16(26)8-10-20(27)32/h3-7,14,16-19H,8-13,26H2,1-2H3,(H2,27,32)(H2,28,33)(H,29,34)(H,30,35)(H,31,36)(H,37,38). The largest absolute Gasteiger partial charge is 0.480 e. The molecule has 4 unspecified atom stereocenters. The van der Waals surface area contributed by atoms with Crippen LogP contribution in [0.3, 0.4) is 0 Å². The van der Waals surface area contributed by atoms with Crippen LogP contribution in [0.25, 0.3) is 0 Å². The van der Waals surface area contributed by atoms with E-state index in [9.17, 15) is 33.9 Å². The average Bonchev–Trinajstić information content (AvgIpc) is 2.83. The van der Waals surface area contributed by atoms with Crippen molar-refractivity contribution in [3.05, 3.63) is 35.9 Å². The lowest BCUT2D eigenvalue weighted by Crippen LogP contribution is -2.57. The van der Waals surface area contributed by atoms with Gasteiger partial charge in [-0.2, -0.15) is 0 Å². The maximum absolute atomic E-state index is 13.2. The minimum atomic E-state index is -1.29. The summed E-state index contributed by atoms with van der Waals surface area (Å²) >= 11 is 0. The number of hydrogen-bond acceptors (Lipinski definition) is 7. The fourth-order valence-electron chi connectivity index (χ4n) is 3.56. The van der Waals surface area contributed by atoms with E-state index in [1.54, 1.807) is 30.3 Å². The Morgan fingerprint density at radius 1 is 0.763 bits per heavy atom. The molecule has 1 aromatic rings. The van der Waals surface area contributed by atoms with Crippen molar-refractivity contribution in [1.82, 2.24) is 16.0 Å². The molecule has 0 aromatic heterocycles. The van der Waals surface area contributed by atoms with Crippen molar-refractivity contribution in [3.8, 4) is 0 Å². The molecule has 13 nitrogen and oxygen atoms in total. The van der Waals surface area contributed by atoms with Gasteiger partial charge in [0.25, 0.3) is 0 Å². The topological polar surface area (TPSA) is 237 Å². The van der Waals surface area contributed by atoms with Crippen LogP contribution in [0.15, 0.2) is 30.3 Å². The number of rotatable bonds is 17. The van der Waals surface area contributed by atoms with Gasteiger partial charge < -0.3 is 38.3 Å². The zero-order chi connectivity index (χ0) is 28.8. The Morgan fingerprint density at radius 2 is 1.26 bits per heavy atom. The molecular weight excluding hydrogens is 496 g/mol. The zero-order valence-electron chi connectivity index (χ0n) is 21.6. The van der Waals surface area contributed by atoms with Gasteiger partial charge in [0, 0.05) is 19.3 Å². The van der Waals surface area contributed by atoms with Crippen molar-refractivity contribution in [3.63, 3.8) is 0 Å². The van der Waals surface area contributed by atoms with E-state index in [1.807, 2.05) is 13.8 Å². The van der Waals surface area contributed by atoms with Gasteiger partial charge in [-0.05, 0) is 30.7 Å². The summed E-state index contributed by atoms with van der Waals surface area (Å²) in [7, 11) is 0. The molecule has 1 rings (SSSR count). The fraction of sp³-hybridized carbons (Fsp3) is 0.520. The Bertz CT molecular complexity index is 986. The van der Waals surface area contributed by atoms with Crippen molar-refractivity contribution in [1.29, 1.82) is 0 Å². The predicted octanol–water partition coefficient (Wildman–Crippen LogP) is -1.33. The highest BCUT2D eigenvalue weighted by molar-refractivity contribution is 5.94. The molecule has 4 atom stereocenters. The third kappa shape index (κ3) is 12.3. The molecule has 0 bridgehead atoms. The first-order chi connectivity index (χ1) is 17.8. The first-order valence-electron chi connectivity index (χ1n) is 12.3. The second-order valence-electron chi connectivity index (χ2n) is 9.46. The van der Waals surface area contributed by atoms with Crippen LogP contribution in [0.2, 0.25) is 0 Å². The van der Waals surface area contributed by atoms with E-state index >= 15 is 0 Å². The van der Waals surface area contributed by atoms with E-state index in [2.05, 4.69) is 16.0 Å². The van der Waals surface area contributed by atoms with E-state index < -0.39 is 59.7 Å². The summed E-state index contributed by atoms with van der Waals surface area (Å²) in [4.78, 5) is 72.9. The quantitative estimate of drug-likeness (QED) is 0.126. The summed E-state index contributed by atoms with van der Waals surface area (Å²) in [5.41, 5.74) is 16.8. The van der Waals surface area contributed by atoms with Gasteiger partial charge in [-0.25, -0.2) is 4.79 Å². The molecule has 13 heteroatoms. The highest BCUT2D eigenvalue weighted by Gasteiger charge is 2.31. The summed E-state index contributed by atoms with van der Waals surface area (Å²) in [5, 5.41) is 17.0. The van der Waals surface area contributed by atoms with Crippen LogP contribution < -0.4 is 33.2 Å². The van der Waals surface area contributed by atoms with Gasteiger partial charge in [-0.15, -0.1) is 0 Å². The van der Waals surface area contributed by atoms with Gasteiger partial charge in [-0.3, -0.25) is 24.0 Å². The maximum atomic E-state index is 13.2. The molecule has 0 aliphatic heterocycles. The highest BCUT2D eigenvalue weighted by atomic mass is 16.4.